The van der Waals surface area contributed by atoms with Gasteiger partial charge in [-0.3, -0.25) is 4.79 Å². The van der Waals surface area contributed by atoms with E-state index >= 15 is 0 Å². The van der Waals surface area contributed by atoms with Gasteiger partial charge in [0.2, 0.25) is 11.9 Å². The molecule has 4 rings (SSSR count). The van der Waals surface area contributed by atoms with Crippen molar-refractivity contribution in [1.29, 1.82) is 0 Å². The zero-order chi connectivity index (χ0) is 25.0. The molecule has 1 aromatic carbocycles. The Hall–Kier alpha value is -2.68. The first-order valence-corrected chi connectivity index (χ1v) is 14.2. The molecule has 2 aliphatic rings. The van der Waals surface area contributed by atoms with Gasteiger partial charge in [-0.25, -0.2) is 13.4 Å². The Morgan fingerprint density at radius 2 is 1.69 bits per heavy atom. The summed E-state index contributed by atoms with van der Waals surface area (Å²) in [5.41, 5.74) is 1.76. The van der Waals surface area contributed by atoms with Gasteiger partial charge >= 0.3 is 0 Å². The number of aryl methyl sites for hydroxylation is 1. The standard InChI is InChI=1S/C26H37N5O3S/c1-19(2)35(33,34)23-11-9-21(10-12-23)18-25(32)31-15-13-30(14-16-31)24-17-20(3)27-26(29-24)28-22-7-5-4-6-8-22/h9-12,17,19,22H,4-8,13-16,18H2,1-3H3,(H,27,28,29). The Bertz CT molecular complexity index is 1120. The second-order valence-electron chi connectivity index (χ2n) is 9.95. The first-order chi connectivity index (χ1) is 16.7. The molecule has 1 saturated heterocycles. The number of hydrogen-bond donors (Lipinski definition) is 1. The lowest BCUT2D eigenvalue weighted by Gasteiger charge is -2.35. The molecule has 0 atom stereocenters. The molecule has 0 bridgehead atoms. The van der Waals surface area contributed by atoms with Gasteiger partial charge in [0.25, 0.3) is 0 Å². The highest BCUT2D eigenvalue weighted by Crippen LogP contribution is 2.23. The molecule has 8 nitrogen and oxygen atoms in total. The average molecular weight is 500 g/mol. The quantitative estimate of drug-likeness (QED) is 0.622. The second kappa shape index (κ2) is 10.9. The number of rotatable bonds is 7. The molecule has 1 saturated carbocycles. The Morgan fingerprint density at radius 1 is 1.03 bits per heavy atom. The first-order valence-electron chi connectivity index (χ1n) is 12.7. The minimum Gasteiger partial charge on any atom is -0.353 e. The summed E-state index contributed by atoms with van der Waals surface area (Å²) in [7, 11) is -3.31. The van der Waals surface area contributed by atoms with Crippen LogP contribution < -0.4 is 10.2 Å². The molecule has 1 aliphatic carbocycles. The Labute approximate surface area is 209 Å². The number of anilines is 2. The van der Waals surface area contributed by atoms with Gasteiger partial charge in [0.05, 0.1) is 16.6 Å². The molecule has 2 heterocycles. The van der Waals surface area contributed by atoms with Crippen molar-refractivity contribution in [3.8, 4) is 0 Å². The highest BCUT2D eigenvalue weighted by atomic mass is 32.2. The number of nitrogens with zero attached hydrogens (tertiary/aromatic N) is 4. The Morgan fingerprint density at radius 3 is 2.31 bits per heavy atom. The van der Waals surface area contributed by atoms with E-state index in [1.165, 1.54) is 32.1 Å². The molecule has 1 aliphatic heterocycles. The zero-order valence-corrected chi connectivity index (χ0v) is 21.9. The summed E-state index contributed by atoms with van der Waals surface area (Å²) in [4.78, 5) is 26.7. The second-order valence-corrected chi connectivity index (χ2v) is 12.5. The minimum absolute atomic E-state index is 0.0580. The molecule has 1 amide bonds. The number of hydrogen-bond acceptors (Lipinski definition) is 7. The average Bonchev–Trinajstić information content (AvgIpc) is 2.84. The van der Waals surface area contributed by atoms with E-state index < -0.39 is 15.1 Å². The fraction of sp³-hybridized carbons (Fsp3) is 0.577. The summed E-state index contributed by atoms with van der Waals surface area (Å²) in [6.07, 6.45) is 6.44. The Kier molecular flexibility index (Phi) is 7.94. The van der Waals surface area contributed by atoms with Gasteiger partial charge in [-0.2, -0.15) is 4.98 Å². The topological polar surface area (TPSA) is 95.5 Å². The molecule has 2 fully saturated rings. The van der Waals surface area contributed by atoms with Crippen LogP contribution >= 0.6 is 0 Å². The van der Waals surface area contributed by atoms with E-state index in [-0.39, 0.29) is 12.3 Å². The maximum Gasteiger partial charge on any atom is 0.227 e. The molecule has 190 valence electrons. The fourth-order valence-corrected chi connectivity index (χ4v) is 5.81. The molecule has 0 unspecified atom stereocenters. The maximum atomic E-state index is 12.9. The van der Waals surface area contributed by atoms with Crippen molar-refractivity contribution in [3.63, 3.8) is 0 Å². The highest BCUT2D eigenvalue weighted by Gasteiger charge is 2.24. The number of carbonyl (C=O) groups excluding carboxylic acids is 1. The van der Waals surface area contributed by atoms with Crippen LogP contribution in [0.15, 0.2) is 35.2 Å². The van der Waals surface area contributed by atoms with Gasteiger partial charge in [-0.15, -0.1) is 0 Å². The van der Waals surface area contributed by atoms with E-state index in [0.717, 1.165) is 30.2 Å². The van der Waals surface area contributed by atoms with Gasteiger partial charge in [0, 0.05) is 44.0 Å². The van der Waals surface area contributed by atoms with E-state index in [2.05, 4.69) is 15.2 Å². The summed E-state index contributed by atoms with van der Waals surface area (Å²) < 4.78 is 24.6. The van der Waals surface area contributed by atoms with Crippen LogP contribution in [-0.4, -0.2) is 66.7 Å². The van der Waals surface area contributed by atoms with E-state index in [1.54, 1.807) is 38.1 Å². The summed E-state index contributed by atoms with van der Waals surface area (Å²) in [5, 5.41) is 3.06. The lowest BCUT2D eigenvalue weighted by Crippen LogP contribution is -2.49. The molecule has 0 radical (unpaired) electrons. The number of nitrogens with one attached hydrogen (secondary N) is 1. The molecule has 1 aromatic heterocycles. The number of sulfone groups is 1. The predicted molar refractivity (Wildman–Crippen MR) is 139 cm³/mol. The van der Waals surface area contributed by atoms with Crippen LogP contribution in [0.5, 0.6) is 0 Å². The van der Waals surface area contributed by atoms with Crippen LogP contribution in [0.3, 0.4) is 0 Å². The molecular weight excluding hydrogens is 462 g/mol. The third-order valence-electron chi connectivity index (χ3n) is 6.96. The fourth-order valence-electron chi connectivity index (χ4n) is 4.75. The van der Waals surface area contributed by atoms with Crippen molar-refractivity contribution in [2.75, 3.05) is 36.4 Å². The van der Waals surface area contributed by atoms with E-state index in [1.807, 2.05) is 17.9 Å². The maximum absolute atomic E-state index is 12.9. The summed E-state index contributed by atoms with van der Waals surface area (Å²) in [6.45, 7) is 8.04. The van der Waals surface area contributed by atoms with E-state index in [0.29, 0.717) is 30.0 Å². The third-order valence-corrected chi connectivity index (χ3v) is 9.13. The van der Waals surface area contributed by atoms with Crippen LogP contribution in [0.1, 0.15) is 57.2 Å². The highest BCUT2D eigenvalue weighted by molar-refractivity contribution is 7.92. The minimum atomic E-state index is -3.31. The lowest BCUT2D eigenvalue weighted by atomic mass is 9.96. The normalized spacial score (nSPS) is 17.6. The van der Waals surface area contributed by atoms with Gasteiger partial charge in [0.1, 0.15) is 5.82 Å². The molecule has 0 spiro atoms. The monoisotopic (exact) mass is 499 g/mol. The molecule has 35 heavy (non-hydrogen) atoms. The smallest absolute Gasteiger partial charge is 0.227 e. The van der Waals surface area contributed by atoms with Crippen molar-refractivity contribution in [1.82, 2.24) is 14.9 Å². The first kappa shape index (κ1) is 25.4. The largest absolute Gasteiger partial charge is 0.353 e. The number of amides is 1. The molecule has 2 aromatic rings. The number of piperazine rings is 1. The zero-order valence-electron chi connectivity index (χ0n) is 21.0. The lowest BCUT2D eigenvalue weighted by molar-refractivity contribution is -0.130. The van der Waals surface area contributed by atoms with Crippen molar-refractivity contribution in [2.45, 2.75) is 75.5 Å². The third kappa shape index (κ3) is 6.31. The number of benzene rings is 1. The van der Waals surface area contributed by atoms with Crippen LogP contribution in [0.25, 0.3) is 0 Å². The van der Waals surface area contributed by atoms with Crippen molar-refractivity contribution < 1.29 is 13.2 Å². The van der Waals surface area contributed by atoms with Crippen molar-refractivity contribution in [2.24, 2.45) is 0 Å². The van der Waals surface area contributed by atoms with Gasteiger partial charge in [-0.05, 0) is 51.3 Å². The summed E-state index contributed by atoms with van der Waals surface area (Å²) >= 11 is 0. The predicted octanol–water partition coefficient (Wildman–Crippen LogP) is 3.60. The number of carbonyl (C=O) groups is 1. The van der Waals surface area contributed by atoms with Crippen molar-refractivity contribution in [3.05, 3.63) is 41.6 Å². The number of aromatic nitrogens is 2. The summed E-state index contributed by atoms with van der Waals surface area (Å²) in [6, 6.07) is 9.16. The molecule has 1 N–H and O–H groups in total. The van der Waals surface area contributed by atoms with Gasteiger partial charge in [0.15, 0.2) is 9.84 Å². The SMILES string of the molecule is Cc1cc(N2CCN(C(=O)Cc3ccc(S(=O)(=O)C(C)C)cc3)CC2)nc(NC2CCCCC2)n1. The van der Waals surface area contributed by atoms with E-state index in [9.17, 15) is 13.2 Å². The molecule has 9 heteroatoms. The van der Waals surface area contributed by atoms with Crippen LogP contribution in [0, 0.1) is 6.92 Å². The van der Waals surface area contributed by atoms with Crippen LogP contribution in [0.2, 0.25) is 0 Å². The summed E-state index contributed by atoms with van der Waals surface area (Å²) in [5.74, 6) is 1.67. The van der Waals surface area contributed by atoms with Crippen LogP contribution in [0.4, 0.5) is 11.8 Å². The van der Waals surface area contributed by atoms with Gasteiger partial charge in [-0.1, -0.05) is 31.4 Å². The van der Waals surface area contributed by atoms with Crippen LogP contribution in [-0.2, 0) is 21.1 Å². The molecular formula is C26H37N5O3S. The Balaban J connectivity index is 1.32. The van der Waals surface area contributed by atoms with E-state index in [4.69, 9.17) is 4.98 Å². The van der Waals surface area contributed by atoms with Gasteiger partial charge < -0.3 is 15.1 Å². The van der Waals surface area contributed by atoms with Crippen molar-refractivity contribution >= 4 is 27.5 Å².